The van der Waals surface area contributed by atoms with Gasteiger partial charge in [0, 0.05) is 56.1 Å². The third-order valence-corrected chi connectivity index (χ3v) is 9.45. The summed E-state index contributed by atoms with van der Waals surface area (Å²) < 4.78 is 47.7. The van der Waals surface area contributed by atoms with Crippen LogP contribution in [0.5, 0.6) is 5.88 Å². The number of aromatic nitrogens is 2. The minimum absolute atomic E-state index is 0.177. The summed E-state index contributed by atoms with van der Waals surface area (Å²) >= 11 is 0. The summed E-state index contributed by atoms with van der Waals surface area (Å²) in [7, 11) is 0. The van der Waals surface area contributed by atoms with Crippen LogP contribution in [0.3, 0.4) is 0 Å². The van der Waals surface area contributed by atoms with Crippen LogP contribution in [0.1, 0.15) is 56.4 Å². The Hall–Kier alpha value is -3.17. The molecule has 42 heavy (non-hydrogen) atoms. The molecule has 5 heterocycles. The number of halogens is 3. The van der Waals surface area contributed by atoms with Gasteiger partial charge in [-0.1, -0.05) is 31.5 Å². The average Bonchev–Trinajstić information content (AvgIpc) is 3.50. The van der Waals surface area contributed by atoms with Crippen LogP contribution in [0.15, 0.2) is 54.7 Å². The highest BCUT2D eigenvalue weighted by Gasteiger charge is 2.49. The van der Waals surface area contributed by atoms with Gasteiger partial charge in [0.2, 0.25) is 5.88 Å². The Morgan fingerprint density at radius 3 is 2.71 bits per heavy atom. The lowest BCUT2D eigenvalue weighted by Gasteiger charge is -2.54. The van der Waals surface area contributed by atoms with Crippen molar-refractivity contribution in [1.29, 1.82) is 0 Å². The maximum absolute atomic E-state index is 14.0. The minimum Gasteiger partial charge on any atom is -0.477 e. The molecule has 3 aromatic rings. The molecule has 2 aromatic heterocycles. The number of alkyl halides is 3. The molecule has 3 aliphatic rings. The van der Waals surface area contributed by atoms with Crippen molar-refractivity contribution >= 4 is 5.69 Å². The summed E-state index contributed by atoms with van der Waals surface area (Å²) in [5.74, 6) is 0.753. The quantitative estimate of drug-likeness (QED) is 0.355. The number of fused-ring (bicyclic) bond motifs is 2. The number of ether oxygens (including phenoxy) is 1. The van der Waals surface area contributed by atoms with Crippen molar-refractivity contribution in [3.63, 3.8) is 0 Å². The first-order valence-electron chi connectivity index (χ1n) is 15.3. The topological polar surface area (TPSA) is 53.5 Å². The van der Waals surface area contributed by atoms with Crippen LogP contribution in [0, 0.1) is 5.92 Å². The predicted molar refractivity (Wildman–Crippen MR) is 159 cm³/mol. The van der Waals surface area contributed by atoms with Gasteiger partial charge < -0.3 is 15.0 Å². The van der Waals surface area contributed by atoms with Gasteiger partial charge in [-0.3, -0.25) is 9.88 Å². The van der Waals surface area contributed by atoms with E-state index in [1.807, 2.05) is 24.0 Å². The first kappa shape index (κ1) is 28.9. The van der Waals surface area contributed by atoms with Gasteiger partial charge in [0.1, 0.15) is 0 Å². The Morgan fingerprint density at radius 1 is 1.10 bits per heavy atom. The van der Waals surface area contributed by atoms with Gasteiger partial charge in [0.15, 0.2) is 0 Å². The molecule has 1 spiro atoms. The summed E-state index contributed by atoms with van der Waals surface area (Å²) in [5.41, 5.74) is 3.57. The molecule has 0 aliphatic carbocycles. The number of hydrogen-bond acceptors (Lipinski definition) is 6. The lowest BCUT2D eigenvalue weighted by molar-refractivity contribution is -0.137. The number of rotatable bonds is 7. The molecule has 1 aromatic carbocycles. The predicted octanol–water partition coefficient (Wildman–Crippen LogP) is 6.30. The van der Waals surface area contributed by atoms with E-state index in [0.717, 1.165) is 62.4 Å². The SMILES string of the molecule is CCOc1ncccc1-c1ccc2c(n1)CN(C[C@H]1CCCN1)CC21CCN(c2ccccc2C(F)(F)F)CC1CC. The normalized spacial score (nSPS) is 24.6. The first-order chi connectivity index (χ1) is 20.3. The molecule has 2 unspecified atom stereocenters. The smallest absolute Gasteiger partial charge is 0.418 e. The maximum atomic E-state index is 14.0. The Labute approximate surface area is 246 Å². The fourth-order valence-electron chi connectivity index (χ4n) is 7.53. The molecule has 6 rings (SSSR count). The molecule has 0 radical (unpaired) electrons. The van der Waals surface area contributed by atoms with Crippen LogP contribution in [-0.4, -0.2) is 60.2 Å². The zero-order chi connectivity index (χ0) is 29.3. The number of para-hydroxylation sites is 1. The number of piperidine rings is 1. The molecule has 2 fully saturated rings. The van der Waals surface area contributed by atoms with E-state index in [0.29, 0.717) is 31.6 Å². The molecule has 0 bridgehead atoms. The molecule has 2 saturated heterocycles. The van der Waals surface area contributed by atoms with E-state index in [1.165, 1.54) is 24.1 Å². The summed E-state index contributed by atoms with van der Waals surface area (Å²) in [6.07, 6.45) is 1.35. The molecule has 3 atom stereocenters. The van der Waals surface area contributed by atoms with Gasteiger partial charge in [-0.2, -0.15) is 13.2 Å². The van der Waals surface area contributed by atoms with Crippen molar-refractivity contribution in [3.8, 4) is 17.1 Å². The lowest BCUT2D eigenvalue weighted by Crippen LogP contribution is -2.58. The Kier molecular flexibility index (Phi) is 8.16. The van der Waals surface area contributed by atoms with E-state index in [-0.39, 0.29) is 17.0 Å². The molecule has 1 N–H and O–H groups in total. The molecule has 9 heteroatoms. The average molecular weight is 580 g/mol. The van der Waals surface area contributed by atoms with E-state index >= 15 is 0 Å². The summed E-state index contributed by atoms with van der Waals surface area (Å²) in [6.45, 7) is 9.43. The second-order valence-corrected chi connectivity index (χ2v) is 11.9. The monoisotopic (exact) mass is 579 g/mol. The highest BCUT2D eigenvalue weighted by Crippen LogP contribution is 2.48. The zero-order valence-electron chi connectivity index (χ0n) is 24.5. The van der Waals surface area contributed by atoms with Gasteiger partial charge in [-0.25, -0.2) is 4.98 Å². The molecule has 3 aliphatic heterocycles. The van der Waals surface area contributed by atoms with E-state index in [9.17, 15) is 13.2 Å². The highest BCUT2D eigenvalue weighted by atomic mass is 19.4. The fraction of sp³-hybridized carbons (Fsp3) is 0.515. The number of anilines is 1. The molecule has 224 valence electrons. The first-order valence-corrected chi connectivity index (χ1v) is 15.3. The van der Waals surface area contributed by atoms with Crippen LogP contribution < -0.4 is 15.0 Å². The van der Waals surface area contributed by atoms with Gasteiger partial charge in [0.25, 0.3) is 0 Å². The molecule has 0 saturated carbocycles. The van der Waals surface area contributed by atoms with Gasteiger partial charge in [-0.15, -0.1) is 0 Å². The van der Waals surface area contributed by atoms with Gasteiger partial charge in [-0.05, 0) is 74.5 Å². The third kappa shape index (κ3) is 5.49. The van der Waals surface area contributed by atoms with Gasteiger partial charge >= 0.3 is 6.18 Å². The zero-order valence-corrected chi connectivity index (χ0v) is 24.5. The minimum atomic E-state index is -4.39. The number of nitrogens with one attached hydrogen (secondary N) is 1. The van der Waals surface area contributed by atoms with Crippen molar-refractivity contribution in [2.45, 2.75) is 63.7 Å². The largest absolute Gasteiger partial charge is 0.477 e. The third-order valence-electron chi connectivity index (χ3n) is 9.45. The Morgan fingerprint density at radius 2 is 1.95 bits per heavy atom. The second kappa shape index (κ2) is 11.8. The van der Waals surface area contributed by atoms with E-state index < -0.39 is 11.7 Å². The second-order valence-electron chi connectivity index (χ2n) is 11.9. The Bertz CT molecular complexity index is 1390. The highest BCUT2D eigenvalue weighted by molar-refractivity contribution is 5.66. The lowest BCUT2D eigenvalue weighted by atomic mass is 9.62. The maximum Gasteiger partial charge on any atom is 0.418 e. The number of hydrogen-bond donors (Lipinski definition) is 1. The molecule has 6 nitrogen and oxygen atoms in total. The molecular formula is C33H40F3N5O. The standard InChI is InChI=1S/C33H40F3N5O/c1-3-23-19-41(30-12-6-5-11-27(30)33(34,35)36)18-15-32(23)22-40(20-24-9-7-16-37-24)21-29-26(32)13-14-28(39-29)25-10-8-17-38-31(25)42-4-2/h5-6,8,10-14,17,23-24,37H,3-4,7,9,15-16,18-22H2,1-2H3/t23?,24-,32?/m1/s1. The van der Waals surface area contributed by atoms with E-state index in [1.54, 1.807) is 18.3 Å². The van der Waals surface area contributed by atoms with Crippen molar-refractivity contribution < 1.29 is 17.9 Å². The van der Waals surface area contributed by atoms with Crippen LogP contribution in [-0.2, 0) is 18.1 Å². The van der Waals surface area contributed by atoms with Crippen LogP contribution >= 0.6 is 0 Å². The molecular weight excluding hydrogens is 539 g/mol. The van der Waals surface area contributed by atoms with Crippen molar-refractivity contribution in [1.82, 2.24) is 20.2 Å². The fourth-order valence-corrected chi connectivity index (χ4v) is 7.53. The number of benzene rings is 1. The van der Waals surface area contributed by atoms with Crippen LogP contribution in [0.2, 0.25) is 0 Å². The van der Waals surface area contributed by atoms with E-state index in [2.05, 4.69) is 34.3 Å². The summed E-state index contributed by atoms with van der Waals surface area (Å²) in [6, 6.07) is 14.7. The van der Waals surface area contributed by atoms with Gasteiger partial charge in [0.05, 0.1) is 29.1 Å². The number of nitrogens with zero attached hydrogens (tertiary/aromatic N) is 4. The van der Waals surface area contributed by atoms with Crippen LogP contribution in [0.25, 0.3) is 11.3 Å². The van der Waals surface area contributed by atoms with Crippen molar-refractivity contribution in [2.24, 2.45) is 5.92 Å². The Balaban J connectivity index is 1.38. The van der Waals surface area contributed by atoms with Crippen molar-refractivity contribution in [2.75, 3.05) is 44.2 Å². The summed E-state index contributed by atoms with van der Waals surface area (Å²) in [5, 5.41) is 3.65. The van der Waals surface area contributed by atoms with Crippen LogP contribution in [0.4, 0.5) is 18.9 Å². The molecule has 0 amide bonds. The number of pyridine rings is 2. The summed E-state index contributed by atoms with van der Waals surface area (Å²) in [4.78, 5) is 14.2. The van der Waals surface area contributed by atoms with E-state index in [4.69, 9.17) is 9.72 Å². The van der Waals surface area contributed by atoms with Crippen molar-refractivity contribution in [3.05, 3.63) is 71.5 Å².